The average Bonchev–Trinajstić information content (AvgIpc) is 2.57. The third-order valence-corrected chi connectivity index (χ3v) is 2.62. The maximum absolute atomic E-state index is 12.0. The summed E-state index contributed by atoms with van der Waals surface area (Å²) < 4.78 is 10.0. The Bertz CT molecular complexity index is 372. The normalized spacial score (nSPS) is 19.5. The number of rotatable bonds is 3. The summed E-state index contributed by atoms with van der Waals surface area (Å²) in [5, 5.41) is 0. The molecule has 0 aromatic heterocycles. The molecule has 6 heteroatoms. The van der Waals surface area contributed by atoms with Crippen molar-refractivity contribution in [2.75, 3.05) is 6.61 Å². The Hall–Kier alpha value is -1.59. The Labute approximate surface area is 113 Å². The highest BCUT2D eigenvalue weighted by Gasteiger charge is 2.39. The molecule has 108 valence electrons. The molecule has 0 bridgehead atoms. The van der Waals surface area contributed by atoms with Crippen LogP contribution in [0.15, 0.2) is 0 Å². The van der Waals surface area contributed by atoms with Gasteiger partial charge in [0.2, 0.25) is 5.91 Å². The molecule has 0 aliphatic carbocycles. The van der Waals surface area contributed by atoms with Crippen LogP contribution in [0.25, 0.3) is 0 Å². The number of carbonyl (C=O) groups is 3. The van der Waals surface area contributed by atoms with Gasteiger partial charge in [0.15, 0.2) is 0 Å². The van der Waals surface area contributed by atoms with Crippen molar-refractivity contribution in [1.29, 1.82) is 0 Å². The predicted octanol–water partition coefficient (Wildman–Crippen LogP) is 1.87. The molecule has 1 aliphatic rings. The van der Waals surface area contributed by atoms with E-state index in [-0.39, 0.29) is 25.4 Å². The standard InChI is InChI=1S/C13H21NO5/c1-5-18-11(16)8-9-6-7-10(15)14(9)12(17)19-13(2,3)4/h9H,5-8H2,1-4H3/t9-/m1/s1. The minimum Gasteiger partial charge on any atom is -0.466 e. The molecule has 0 N–H and O–H groups in total. The molecule has 1 fully saturated rings. The number of ether oxygens (including phenoxy) is 2. The van der Waals surface area contributed by atoms with Gasteiger partial charge in [-0.15, -0.1) is 0 Å². The Kier molecular flexibility index (Phi) is 4.91. The number of esters is 1. The van der Waals surface area contributed by atoms with Gasteiger partial charge in [0, 0.05) is 6.42 Å². The Morgan fingerprint density at radius 3 is 2.53 bits per heavy atom. The molecule has 0 aromatic rings. The first-order valence-electron chi connectivity index (χ1n) is 6.45. The van der Waals surface area contributed by atoms with Crippen molar-refractivity contribution in [3.05, 3.63) is 0 Å². The van der Waals surface area contributed by atoms with Crippen LogP contribution in [0.2, 0.25) is 0 Å². The topological polar surface area (TPSA) is 72.9 Å². The zero-order valence-electron chi connectivity index (χ0n) is 11.9. The van der Waals surface area contributed by atoms with Crippen LogP contribution in [0.1, 0.15) is 47.0 Å². The summed E-state index contributed by atoms with van der Waals surface area (Å²) in [7, 11) is 0. The zero-order valence-corrected chi connectivity index (χ0v) is 11.9. The summed E-state index contributed by atoms with van der Waals surface area (Å²) in [6.45, 7) is 7.18. The molecule has 1 atom stereocenters. The van der Waals surface area contributed by atoms with E-state index in [0.29, 0.717) is 6.42 Å². The van der Waals surface area contributed by atoms with E-state index in [0.717, 1.165) is 4.90 Å². The van der Waals surface area contributed by atoms with Crippen molar-refractivity contribution in [1.82, 2.24) is 4.90 Å². The summed E-state index contributed by atoms with van der Waals surface area (Å²) in [5.41, 5.74) is -0.672. The van der Waals surface area contributed by atoms with Crippen LogP contribution in [0.3, 0.4) is 0 Å². The molecule has 0 aromatic carbocycles. The minimum absolute atomic E-state index is 0.0266. The van der Waals surface area contributed by atoms with Crippen LogP contribution in [-0.4, -0.2) is 41.1 Å². The van der Waals surface area contributed by atoms with Gasteiger partial charge in [-0.2, -0.15) is 0 Å². The average molecular weight is 271 g/mol. The Balaban J connectivity index is 2.69. The second kappa shape index (κ2) is 6.04. The Morgan fingerprint density at radius 2 is 2.00 bits per heavy atom. The van der Waals surface area contributed by atoms with Gasteiger partial charge in [0.25, 0.3) is 0 Å². The minimum atomic E-state index is -0.690. The number of nitrogens with zero attached hydrogens (tertiary/aromatic N) is 1. The van der Waals surface area contributed by atoms with Gasteiger partial charge < -0.3 is 9.47 Å². The monoisotopic (exact) mass is 271 g/mol. The van der Waals surface area contributed by atoms with Crippen LogP contribution in [0, 0.1) is 0 Å². The zero-order chi connectivity index (χ0) is 14.6. The third kappa shape index (κ3) is 4.54. The molecule has 0 unspecified atom stereocenters. The number of amides is 2. The van der Waals surface area contributed by atoms with Gasteiger partial charge in [-0.25, -0.2) is 9.69 Å². The first-order chi connectivity index (χ1) is 8.74. The molecular weight excluding hydrogens is 250 g/mol. The fraction of sp³-hybridized carbons (Fsp3) is 0.769. The lowest BCUT2D eigenvalue weighted by atomic mass is 10.1. The van der Waals surface area contributed by atoms with Gasteiger partial charge in [-0.3, -0.25) is 9.59 Å². The number of imide groups is 1. The summed E-state index contributed by atoms with van der Waals surface area (Å²) in [5.74, 6) is -0.709. The first kappa shape index (κ1) is 15.5. The molecule has 2 amide bonds. The lowest BCUT2D eigenvalue weighted by Gasteiger charge is -2.26. The van der Waals surface area contributed by atoms with E-state index >= 15 is 0 Å². The van der Waals surface area contributed by atoms with E-state index in [1.54, 1.807) is 27.7 Å². The fourth-order valence-corrected chi connectivity index (χ4v) is 1.91. The van der Waals surface area contributed by atoms with Crippen molar-refractivity contribution in [3.63, 3.8) is 0 Å². The van der Waals surface area contributed by atoms with E-state index in [1.165, 1.54) is 0 Å². The molecule has 0 spiro atoms. The van der Waals surface area contributed by atoms with Crippen LogP contribution < -0.4 is 0 Å². The fourth-order valence-electron chi connectivity index (χ4n) is 1.91. The van der Waals surface area contributed by atoms with Crippen LogP contribution in [0.4, 0.5) is 4.79 Å². The molecule has 1 saturated heterocycles. The third-order valence-electron chi connectivity index (χ3n) is 2.62. The lowest BCUT2D eigenvalue weighted by Crippen LogP contribution is -2.43. The van der Waals surface area contributed by atoms with Crippen LogP contribution in [-0.2, 0) is 19.1 Å². The quantitative estimate of drug-likeness (QED) is 0.733. The van der Waals surface area contributed by atoms with Crippen molar-refractivity contribution < 1.29 is 23.9 Å². The predicted molar refractivity (Wildman–Crippen MR) is 67.4 cm³/mol. The van der Waals surface area contributed by atoms with Crippen molar-refractivity contribution >= 4 is 18.0 Å². The second-order valence-electron chi connectivity index (χ2n) is 5.45. The van der Waals surface area contributed by atoms with E-state index in [1.807, 2.05) is 0 Å². The SMILES string of the molecule is CCOC(=O)C[C@H]1CCC(=O)N1C(=O)OC(C)(C)C. The van der Waals surface area contributed by atoms with Crippen molar-refractivity contribution in [2.45, 2.75) is 58.6 Å². The van der Waals surface area contributed by atoms with Gasteiger partial charge in [-0.05, 0) is 34.1 Å². The highest BCUT2D eigenvalue weighted by Crippen LogP contribution is 2.24. The van der Waals surface area contributed by atoms with Gasteiger partial charge in [0.1, 0.15) is 5.60 Å². The van der Waals surface area contributed by atoms with Gasteiger partial charge >= 0.3 is 12.1 Å². The largest absolute Gasteiger partial charge is 0.466 e. The van der Waals surface area contributed by atoms with E-state index in [4.69, 9.17) is 9.47 Å². The second-order valence-corrected chi connectivity index (χ2v) is 5.45. The molecule has 1 aliphatic heterocycles. The number of hydrogen-bond donors (Lipinski definition) is 0. The van der Waals surface area contributed by atoms with E-state index < -0.39 is 23.7 Å². The van der Waals surface area contributed by atoms with Crippen molar-refractivity contribution in [2.24, 2.45) is 0 Å². The van der Waals surface area contributed by atoms with Gasteiger partial charge in [0.05, 0.1) is 19.1 Å². The van der Waals surface area contributed by atoms with Gasteiger partial charge in [-0.1, -0.05) is 0 Å². The smallest absolute Gasteiger partial charge is 0.417 e. The molecule has 1 rings (SSSR count). The summed E-state index contributed by atoms with van der Waals surface area (Å²) in [6, 6.07) is -0.457. The molecule has 0 saturated carbocycles. The van der Waals surface area contributed by atoms with E-state index in [9.17, 15) is 14.4 Å². The molecular formula is C13H21NO5. The number of carbonyl (C=O) groups excluding carboxylic acids is 3. The molecule has 6 nitrogen and oxygen atoms in total. The van der Waals surface area contributed by atoms with E-state index in [2.05, 4.69) is 0 Å². The highest BCUT2D eigenvalue weighted by molar-refractivity contribution is 5.94. The number of hydrogen-bond acceptors (Lipinski definition) is 5. The van der Waals surface area contributed by atoms with Crippen LogP contribution in [0.5, 0.6) is 0 Å². The summed E-state index contributed by atoms with van der Waals surface area (Å²) in [4.78, 5) is 36.2. The summed E-state index contributed by atoms with van der Waals surface area (Å²) in [6.07, 6.45) is 0.0586. The molecule has 19 heavy (non-hydrogen) atoms. The number of likely N-dealkylation sites (tertiary alicyclic amines) is 1. The van der Waals surface area contributed by atoms with Crippen LogP contribution >= 0.6 is 0 Å². The lowest BCUT2D eigenvalue weighted by molar-refractivity contribution is -0.144. The highest BCUT2D eigenvalue weighted by atomic mass is 16.6. The Morgan fingerprint density at radius 1 is 1.37 bits per heavy atom. The maximum atomic E-state index is 12.0. The first-order valence-corrected chi connectivity index (χ1v) is 6.45. The summed E-state index contributed by atoms with van der Waals surface area (Å²) >= 11 is 0. The van der Waals surface area contributed by atoms with Crippen molar-refractivity contribution in [3.8, 4) is 0 Å². The molecule has 1 heterocycles. The molecule has 0 radical (unpaired) electrons. The maximum Gasteiger partial charge on any atom is 0.417 e.